The second-order valence-electron chi connectivity index (χ2n) is 6.56. The van der Waals surface area contributed by atoms with E-state index in [2.05, 4.69) is 12.2 Å². The van der Waals surface area contributed by atoms with Gasteiger partial charge in [0, 0.05) is 12.5 Å². The summed E-state index contributed by atoms with van der Waals surface area (Å²) in [5.41, 5.74) is 4.65. The highest BCUT2D eigenvalue weighted by molar-refractivity contribution is 5.99. The molecule has 0 aliphatic carbocycles. The molecule has 0 aromatic carbocycles. The van der Waals surface area contributed by atoms with Gasteiger partial charge in [-0.25, -0.2) is 0 Å². The quantitative estimate of drug-likeness (QED) is 0.502. The van der Waals surface area contributed by atoms with E-state index in [0.717, 1.165) is 25.7 Å². The summed E-state index contributed by atoms with van der Waals surface area (Å²) in [4.78, 5) is 36.2. The predicted molar refractivity (Wildman–Crippen MR) is 87.8 cm³/mol. The van der Waals surface area contributed by atoms with Crippen LogP contribution in [-0.4, -0.2) is 34.8 Å². The smallest absolute Gasteiger partial charge is 0.305 e. The fourth-order valence-corrected chi connectivity index (χ4v) is 3.44. The van der Waals surface area contributed by atoms with Gasteiger partial charge in [0.05, 0.1) is 17.9 Å². The summed E-state index contributed by atoms with van der Waals surface area (Å²) in [5.74, 6) is -2.72. The van der Waals surface area contributed by atoms with Gasteiger partial charge in [-0.05, 0) is 19.3 Å². The van der Waals surface area contributed by atoms with Gasteiger partial charge in [-0.15, -0.1) is 0 Å². The van der Waals surface area contributed by atoms with E-state index in [1.54, 1.807) is 0 Å². The van der Waals surface area contributed by atoms with Crippen molar-refractivity contribution in [2.75, 3.05) is 6.54 Å². The molecular weight excluding hydrogens is 296 g/mol. The molecule has 1 heterocycles. The third kappa shape index (κ3) is 5.03. The fourth-order valence-electron chi connectivity index (χ4n) is 3.44. The van der Waals surface area contributed by atoms with Crippen molar-refractivity contribution in [3.63, 3.8) is 0 Å². The van der Waals surface area contributed by atoms with Gasteiger partial charge in [0.1, 0.15) is 0 Å². The van der Waals surface area contributed by atoms with Crippen molar-refractivity contribution in [2.24, 2.45) is 17.6 Å². The van der Waals surface area contributed by atoms with Gasteiger partial charge in [-0.3, -0.25) is 14.4 Å². The van der Waals surface area contributed by atoms with Crippen LogP contribution in [0.1, 0.15) is 65.2 Å². The molecule has 132 valence electrons. The molecule has 1 amide bonds. The highest BCUT2D eigenvalue weighted by Crippen LogP contribution is 2.31. The number of carboxylic acids is 1. The number of ketones is 1. The van der Waals surface area contributed by atoms with E-state index in [4.69, 9.17) is 5.73 Å². The zero-order valence-corrected chi connectivity index (χ0v) is 14.3. The first-order valence-electron chi connectivity index (χ1n) is 8.69. The molecule has 23 heavy (non-hydrogen) atoms. The number of Topliss-reactive ketones (excluding diaryl/α,β-unsaturated/α-hetero) is 1. The minimum atomic E-state index is -1.60. The molecule has 1 aliphatic rings. The van der Waals surface area contributed by atoms with Crippen molar-refractivity contribution in [2.45, 2.75) is 70.8 Å². The Balaban J connectivity index is 2.88. The average molecular weight is 326 g/mol. The van der Waals surface area contributed by atoms with E-state index in [0.29, 0.717) is 25.8 Å². The summed E-state index contributed by atoms with van der Waals surface area (Å²) < 4.78 is 0. The molecule has 3 atom stereocenters. The molecular formula is C17H30N2O4. The van der Waals surface area contributed by atoms with Gasteiger partial charge < -0.3 is 16.2 Å². The van der Waals surface area contributed by atoms with Crippen molar-refractivity contribution >= 4 is 17.7 Å². The lowest BCUT2D eigenvalue weighted by Gasteiger charge is -2.34. The number of amides is 1. The lowest BCUT2D eigenvalue weighted by molar-refractivity contribution is -0.145. The van der Waals surface area contributed by atoms with Crippen LogP contribution < -0.4 is 11.1 Å². The molecule has 4 N–H and O–H groups in total. The standard InChI is InChI=1S/C17H30N2O4/c1-3-5-6-7-8-12(4-2)15(22)17(18,11-14(20)21)13-9-10-19-16(13)23/h12-13H,3-11,18H2,1-2H3,(H,19,23)(H,20,21)/t12?,13-,17?/m1/s1. The van der Waals surface area contributed by atoms with Crippen molar-refractivity contribution in [3.8, 4) is 0 Å². The Morgan fingerprint density at radius 3 is 2.52 bits per heavy atom. The number of nitrogens with two attached hydrogens (primary N) is 1. The number of hydrogen-bond donors (Lipinski definition) is 3. The number of carboxylic acid groups (broad SMARTS) is 1. The number of unbranched alkanes of at least 4 members (excludes halogenated alkanes) is 3. The Morgan fingerprint density at radius 1 is 1.35 bits per heavy atom. The number of carbonyl (C=O) groups is 3. The minimum Gasteiger partial charge on any atom is -0.481 e. The summed E-state index contributed by atoms with van der Waals surface area (Å²) in [6, 6.07) is 0. The topological polar surface area (TPSA) is 109 Å². The van der Waals surface area contributed by atoms with Gasteiger partial charge >= 0.3 is 5.97 Å². The highest BCUT2D eigenvalue weighted by atomic mass is 16.4. The van der Waals surface area contributed by atoms with Crippen molar-refractivity contribution in [1.82, 2.24) is 5.32 Å². The SMILES string of the molecule is CCCCCCC(CC)C(=O)C(N)(CC(=O)O)[C@@H]1CCNC1=O. The number of aliphatic carboxylic acids is 1. The van der Waals surface area contributed by atoms with E-state index < -0.39 is 23.8 Å². The first kappa shape index (κ1) is 19.6. The highest BCUT2D eigenvalue weighted by Gasteiger charge is 2.50. The second-order valence-corrected chi connectivity index (χ2v) is 6.56. The normalized spacial score (nSPS) is 21.5. The fraction of sp³-hybridized carbons (Fsp3) is 0.824. The number of rotatable bonds is 11. The molecule has 0 bridgehead atoms. The minimum absolute atomic E-state index is 0.263. The van der Waals surface area contributed by atoms with Gasteiger partial charge in [0.25, 0.3) is 0 Å². The third-order valence-electron chi connectivity index (χ3n) is 4.84. The third-order valence-corrected chi connectivity index (χ3v) is 4.84. The Morgan fingerprint density at radius 2 is 2.04 bits per heavy atom. The second kappa shape index (κ2) is 9.01. The summed E-state index contributed by atoms with van der Waals surface area (Å²) in [6.07, 6.45) is 5.49. The summed E-state index contributed by atoms with van der Waals surface area (Å²) in [7, 11) is 0. The monoisotopic (exact) mass is 326 g/mol. The van der Waals surface area contributed by atoms with Gasteiger partial charge in [0.2, 0.25) is 5.91 Å². The van der Waals surface area contributed by atoms with Gasteiger partial charge in [-0.2, -0.15) is 0 Å². The molecule has 0 aromatic rings. The largest absolute Gasteiger partial charge is 0.481 e. The summed E-state index contributed by atoms with van der Waals surface area (Å²) in [5, 5.41) is 11.8. The van der Waals surface area contributed by atoms with Crippen LogP contribution in [0.4, 0.5) is 0 Å². The molecule has 2 unspecified atom stereocenters. The lowest BCUT2D eigenvalue weighted by Crippen LogP contribution is -2.59. The van der Waals surface area contributed by atoms with E-state index in [1.807, 2.05) is 6.92 Å². The zero-order valence-electron chi connectivity index (χ0n) is 14.3. The first-order chi connectivity index (χ1) is 10.9. The van der Waals surface area contributed by atoms with Crippen molar-refractivity contribution < 1.29 is 19.5 Å². The van der Waals surface area contributed by atoms with E-state index in [1.165, 1.54) is 0 Å². The van der Waals surface area contributed by atoms with Crippen LogP contribution in [0.15, 0.2) is 0 Å². The molecule has 0 spiro atoms. The number of hydrogen-bond acceptors (Lipinski definition) is 4. The summed E-state index contributed by atoms with van der Waals surface area (Å²) in [6.45, 7) is 4.49. The van der Waals surface area contributed by atoms with Crippen LogP contribution in [0, 0.1) is 11.8 Å². The Hall–Kier alpha value is -1.43. The molecule has 1 saturated heterocycles. The Kier molecular flexibility index (Phi) is 7.68. The van der Waals surface area contributed by atoms with E-state index >= 15 is 0 Å². The predicted octanol–water partition coefficient (Wildman–Crippen LogP) is 1.86. The van der Waals surface area contributed by atoms with Gasteiger partial charge in [0.15, 0.2) is 5.78 Å². The molecule has 0 radical (unpaired) electrons. The van der Waals surface area contributed by atoms with Crippen molar-refractivity contribution in [3.05, 3.63) is 0 Å². The number of nitrogens with one attached hydrogen (secondary N) is 1. The molecule has 6 nitrogen and oxygen atoms in total. The van der Waals surface area contributed by atoms with Crippen LogP contribution in [0.2, 0.25) is 0 Å². The maximum atomic E-state index is 13.0. The Labute approximate surface area is 138 Å². The van der Waals surface area contributed by atoms with Crippen LogP contribution in [0.5, 0.6) is 0 Å². The van der Waals surface area contributed by atoms with Crippen LogP contribution in [0.25, 0.3) is 0 Å². The molecule has 0 aromatic heterocycles. The lowest BCUT2D eigenvalue weighted by atomic mass is 9.72. The molecule has 1 rings (SSSR count). The maximum Gasteiger partial charge on any atom is 0.305 e. The van der Waals surface area contributed by atoms with E-state index in [-0.39, 0.29) is 17.6 Å². The van der Waals surface area contributed by atoms with Crippen molar-refractivity contribution in [1.29, 1.82) is 0 Å². The Bertz CT molecular complexity index is 438. The van der Waals surface area contributed by atoms with Crippen LogP contribution >= 0.6 is 0 Å². The maximum absolute atomic E-state index is 13.0. The first-order valence-corrected chi connectivity index (χ1v) is 8.69. The van der Waals surface area contributed by atoms with Crippen LogP contribution in [-0.2, 0) is 14.4 Å². The molecule has 1 fully saturated rings. The molecule has 6 heteroatoms. The number of carbonyl (C=O) groups excluding carboxylic acids is 2. The zero-order chi connectivity index (χ0) is 17.5. The molecule has 1 aliphatic heterocycles. The molecule has 0 saturated carbocycles. The van der Waals surface area contributed by atoms with Crippen LogP contribution in [0.3, 0.4) is 0 Å². The average Bonchev–Trinajstić information content (AvgIpc) is 2.93. The van der Waals surface area contributed by atoms with E-state index in [9.17, 15) is 19.5 Å². The summed E-state index contributed by atoms with van der Waals surface area (Å²) >= 11 is 0. The van der Waals surface area contributed by atoms with Gasteiger partial charge in [-0.1, -0.05) is 39.5 Å².